The molecule has 3 aromatic rings. The second-order valence-electron chi connectivity index (χ2n) is 12.6. The van der Waals surface area contributed by atoms with E-state index in [0.717, 1.165) is 5.84 Å². The third-order valence-corrected chi connectivity index (χ3v) is 8.01. The molecule has 0 spiro atoms. The Hall–Kier alpha value is -3.07. The second kappa shape index (κ2) is 11.0. The highest BCUT2D eigenvalue weighted by molar-refractivity contribution is 6.08. The molecule has 3 heteroatoms. The van der Waals surface area contributed by atoms with E-state index in [-0.39, 0.29) is 5.41 Å². The van der Waals surface area contributed by atoms with Crippen molar-refractivity contribution in [1.29, 1.82) is 0 Å². The zero-order valence-electron chi connectivity index (χ0n) is 25.2. The summed E-state index contributed by atoms with van der Waals surface area (Å²) in [5, 5.41) is 7.82. The lowest BCUT2D eigenvalue weighted by Gasteiger charge is -2.35. The summed E-state index contributed by atoms with van der Waals surface area (Å²) in [6.07, 6.45) is 0. The average Bonchev–Trinajstić information content (AvgIpc) is 3.34. The smallest absolute Gasteiger partial charge is 0.141 e. The average molecular weight is 510 g/mol. The van der Waals surface area contributed by atoms with Gasteiger partial charge in [0.15, 0.2) is 0 Å². The van der Waals surface area contributed by atoms with Gasteiger partial charge >= 0.3 is 0 Å². The molecule has 0 radical (unpaired) electrons. The van der Waals surface area contributed by atoms with Crippen molar-refractivity contribution in [2.45, 2.75) is 98.3 Å². The molecule has 0 aromatic heterocycles. The number of amidine groups is 1. The fourth-order valence-electron chi connectivity index (χ4n) is 5.78. The molecule has 4 rings (SSSR count). The molecule has 0 unspecified atom stereocenters. The summed E-state index contributed by atoms with van der Waals surface area (Å²) < 4.78 is 0. The molecular weight excluding hydrogens is 462 g/mol. The van der Waals surface area contributed by atoms with Crippen molar-refractivity contribution >= 4 is 17.2 Å². The maximum Gasteiger partial charge on any atom is 0.141 e. The lowest BCUT2D eigenvalue weighted by atomic mass is 9.82. The largest absolute Gasteiger partial charge is 0.307 e. The monoisotopic (exact) mass is 509 g/mol. The molecule has 1 aliphatic rings. The number of hydrogen-bond acceptors (Lipinski definition) is 3. The summed E-state index contributed by atoms with van der Waals surface area (Å²) in [6, 6.07) is 24.5. The lowest BCUT2D eigenvalue weighted by molar-refractivity contribution is 0.704. The summed E-state index contributed by atoms with van der Waals surface area (Å²) in [6.45, 7) is 23.7. The van der Waals surface area contributed by atoms with Gasteiger partial charge in [0.05, 0.1) is 11.4 Å². The number of hydrogen-bond donors (Lipinski definition) is 0. The third kappa shape index (κ3) is 5.13. The summed E-state index contributed by atoms with van der Waals surface area (Å²) in [4.78, 5) is 2.53. The van der Waals surface area contributed by atoms with Gasteiger partial charge in [-0.15, -0.1) is 0 Å². The molecule has 202 valence electrons. The van der Waals surface area contributed by atoms with Crippen LogP contribution in [-0.4, -0.2) is 12.5 Å². The highest BCUT2D eigenvalue weighted by Crippen LogP contribution is 2.43. The standard InChI is InChI=1S/C35H47N3/c1-23(2)28-18-14-19-29(24(3)4)32(28)37-22-38(33-30(25(5)6)20-15-21-31(33)26(7)8)36-34(37)35(9,10)27-16-12-11-13-17-27/h11-21,23-26H,22H2,1-10H3. The number of para-hydroxylation sites is 2. The van der Waals surface area contributed by atoms with Crippen LogP contribution in [0.25, 0.3) is 0 Å². The van der Waals surface area contributed by atoms with Gasteiger partial charge in [-0.2, -0.15) is 5.10 Å². The van der Waals surface area contributed by atoms with E-state index in [2.05, 4.69) is 146 Å². The first-order chi connectivity index (χ1) is 17.9. The van der Waals surface area contributed by atoms with Gasteiger partial charge in [0.25, 0.3) is 0 Å². The first-order valence-corrected chi connectivity index (χ1v) is 14.4. The predicted octanol–water partition coefficient (Wildman–Crippen LogP) is 9.76. The van der Waals surface area contributed by atoms with Crippen molar-refractivity contribution in [2.24, 2.45) is 5.10 Å². The number of anilines is 2. The van der Waals surface area contributed by atoms with Gasteiger partial charge in [-0.05, 0) is 65.3 Å². The minimum atomic E-state index is -0.279. The maximum atomic E-state index is 5.53. The second-order valence-corrected chi connectivity index (χ2v) is 12.6. The number of hydrazone groups is 1. The van der Waals surface area contributed by atoms with Gasteiger partial charge < -0.3 is 4.90 Å². The van der Waals surface area contributed by atoms with Crippen LogP contribution in [0.15, 0.2) is 71.8 Å². The van der Waals surface area contributed by atoms with Gasteiger partial charge in [0.2, 0.25) is 0 Å². The van der Waals surface area contributed by atoms with Gasteiger partial charge in [0, 0.05) is 5.41 Å². The molecule has 0 atom stereocenters. The van der Waals surface area contributed by atoms with Crippen molar-refractivity contribution in [3.05, 3.63) is 94.5 Å². The van der Waals surface area contributed by atoms with Crippen LogP contribution in [0.5, 0.6) is 0 Å². The Kier molecular flexibility index (Phi) is 8.06. The summed E-state index contributed by atoms with van der Waals surface area (Å²) in [5.41, 5.74) is 9.09. The first kappa shape index (κ1) is 28.0. The third-order valence-electron chi connectivity index (χ3n) is 8.01. The Bertz CT molecular complexity index is 1230. The molecule has 0 bridgehead atoms. The zero-order valence-corrected chi connectivity index (χ0v) is 25.2. The van der Waals surface area contributed by atoms with E-state index >= 15 is 0 Å². The van der Waals surface area contributed by atoms with E-state index in [1.54, 1.807) is 0 Å². The minimum Gasteiger partial charge on any atom is -0.307 e. The van der Waals surface area contributed by atoms with E-state index < -0.39 is 0 Å². The van der Waals surface area contributed by atoms with Crippen molar-refractivity contribution in [1.82, 2.24) is 0 Å². The van der Waals surface area contributed by atoms with Gasteiger partial charge in [-0.25, -0.2) is 5.01 Å². The topological polar surface area (TPSA) is 18.8 Å². The maximum absolute atomic E-state index is 5.53. The molecule has 0 amide bonds. The highest BCUT2D eigenvalue weighted by Gasteiger charge is 2.40. The quantitative estimate of drug-likeness (QED) is 0.301. The molecule has 0 saturated heterocycles. The molecular formula is C35H47N3. The molecule has 38 heavy (non-hydrogen) atoms. The lowest BCUT2D eigenvalue weighted by Crippen LogP contribution is -2.43. The molecule has 0 N–H and O–H groups in total. The van der Waals surface area contributed by atoms with Gasteiger partial charge in [0.1, 0.15) is 12.5 Å². The van der Waals surface area contributed by atoms with E-state index in [1.807, 2.05) is 0 Å². The van der Waals surface area contributed by atoms with Crippen LogP contribution in [-0.2, 0) is 5.41 Å². The summed E-state index contributed by atoms with van der Waals surface area (Å²) >= 11 is 0. The van der Waals surface area contributed by atoms with E-state index in [1.165, 1.54) is 39.2 Å². The van der Waals surface area contributed by atoms with Crippen LogP contribution in [0.2, 0.25) is 0 Å². The van der Waals surface area contributed by atoms with Gasteiger partial charge in [-0.1, -0.05) is 122 Å². The summed E-state index contributed by atoms with van der Waals surface area (Å²) in [7, 11) is 0. The van der Waals surface area contributed by atoms with Crippen LogP contribution in [0, 0.1) is 0 Å². The van der Waals surface area contributed by atoms with Crippen molar-refractivity contribution in [3.8, 4) is 0 Å². The van der Waals surface area contributed by atoms with Crippen LogP contribution < -0.4 is 9.91 Å². The van der Waals surface area contributed by atoms with E-state index in [0.29, 0.717) is 30.3 Å². The number of benzene rings is 3. The Morgan fingerprint density at radius 1 is 0.579 bits per heavy atom. The Morgan fingerprint density at radius 2 is 1.00 bits per heavy atom. The molecule has 1 aliphatic heterocycles. The van der Waals surface area contributed by atoms with Crippen molar-refractivity contribution in [2.75, 3.05) is 16.6 Å². The van der Waals surface area contributed by atoms with E-state index in [9.17, 15) is 0 Å². The van der Waals surface area contributed by atoms with Crippen LogP contribution in [0.4, 0.5) is 11.4 Å². The van der Waals surface area contributed by atoms with Crippen molar-refractivity contribution in [3.63, 3.8) is 0 Å². The zero-order chi connectivity index (χ0) is 27.8. The molecule has 0 fully saturated rings. The summed E-state index contributed by atoms with van der Waals surface area (Å²) in [5.74, 6) is 2.74. The Balaban J connectivity index is 2.00. The minimum absolute atomic E-state index is 0.279. The van der Waals surface area contributed by atoms with Gasteiger partial charge in [-0.3, -0.25) is 0 Å². The molecule has 0 saturated carbocycles. The molecule has 0 aliphatic carbocycles. The highest BCUT2D eigenvalue weighted by atomic mass is 15.6. The Morgan fingerprint density at radius 3 is 1.42 bits per heavy atom. The predicted molar refractivity (Wildman–Crippen MR) is 166 cm³/mol. The molecule has 3 aromatic carbocycles. The number of nitrogens with zero attached hydrogens (tertiary/aromatic N) is 3. The fraction of sp³-hybridized carbons (Fsp3) is 0.457. The Labute approximate surface area is 231 Å². The van der Waals surface area contributed by atoms with Crippen molar-refractivity contribution < 1.29 is 0 Å². The molecule has 1 heterocycles. The molecule has 3 nitrogen and oxygen atoms in total. The van der Waals surface area contributed by atoms with Crippen LogP contribution in [0.1, 0.15) is 121 Å². The SMILES string of the molecule is CC(C)c1cccc(C(C)C)c1N1CN(c2c(C(C)C)cccc2C(C)C)C(C(C)(C)c2ccccc2)=N1. The fourth-order valence-corrected chi connectivity index (χ4v) is 5.78. The van der Waals surface area contributed by atoms with Crippen LogP contribution >= 0.6 is 0 Å². The first-order valence-electron chi connectivity index (χ1n) is 14.4. The van der Waals surface area contributed by atoms with Crippen LogP contribution in [0.3, 0.4) is 0 Å². The number of rotatable bonds is 8. The normalized spacial score (nSPS) is 14.4. The van der Waals surface area contributed by atoms with E-state index in [4.69, 9.17) is 5.10 Å².